The van der Waals surface area contributed by atoms with Crippen molar-refractivity contribution >= 4 is 62.7 Å². The number of pyridine rings is 1. The summed E-state index contributed by atoms with van der Waals surface area (Å²) >= 11 is 15.6. The molecule has 2 aromatic heterocycles. The fourth-order valence-corrected chi connectivity index (χ4v) is 4.97. The second kappa shape index (κ2) is 11.4. The molecule has 3 aromatic rings. The molecular formula is C24H23BrCl2N6O3. The van der Waals surface area contributed by atoms with Gasteiger partial charge in [-0.05, 0) is 65.5 Å². The first-order valence-electron chi connectivity index (χ1n) is 11.3. The van der Waals surface area contributed by atoms with Gasteiger partial charge in [-0.1, -0.05) is 42.5 Å². The molecule has 0 radical (unpaired) electrons. The summed E-state index contributed by atoms with van der Waals surface area (Å²) in [5.41, 5.74) is 1.09. The second-order valence-corrected chi connectivity index (χ2v) is 10.1. The Morgan fingerprint density at radius 3 is 2.56 bits per heavy atom. The fraction of sp³-hybridized carbons (Fsp3) is 0.292. The number of halogens is 3. The number of urea groups is 1. The highest BCUT2D eigenvalue weighted by Gasteiger charge is 2.24. The van der Waals surface area contributed by atoms with Crippen molar-refractivity contribution in [1.29, 1.82) is 0 Å². The van der Waals surface area contributed by atoms with Crippen molar-refractivity contribution in [3.63, 3.8) is 0 Å². The van der Waals surface area contributed by atoms with E-state index in [1.165, 1.54) is 23.0 Å². The minimum atomic E-state index is -0.826. The van der Waals surface area contributed by atoms with E-state index < -0.39 is 11.9 Å². The predicted molar refractivity (Wildman–Crippen MR) is 141 cm³/mol. The van der Waals surface area contributed by atoms with Crippen molar-refractivity contribution < 1.29 is 14.4 Å². The fourth-order valence-electron chi connectivity index (χ4n) is 4.12. The lowest BCUT2D eigenvalue weighted by atomic mass is 9.95. The quantitative estimate of drug-likeness (QED) is 0.352. The maximum atomic E-state index is 13.1. The molecule has 0 unspecified atom stereocenters. The van der Waals surface area contributed by atoms with Gasteiger partial charge in [-0.25, -0.2) is 14.5 Å². The van der Waals surface area contributed by atoms with E-state index in [1.807, 2.05) is 0 Å². The SMILES string of the molecule is Cc1cc(Cl)cc(C(=O)NC2CCCCC2)c1NC(=O)NC(=O)c1cc(Br)nn1-c1ncccc1Cl. The van der Waals surface area contributed by atoms with Gasteiger partial charge in [0.25, 0.3) is 11.8 Å². The maximum absolute atomic E-state index is 13.1. The van der Waals surface area contributed by atoms with E-state index in [-0.39, 0.29) is 39.7 Å². The minimum Gasteiger partial charge on any atom is -0.349 e. The number of carbonyl (C=O) groups is 3. The van der Waals surface area contributed by atoms with Gasteiger partial charge < -0.3 is 10.6 Å². The van der Waals surface area contributed by atoms with Crippen LogP contribution in [-0.4, -0.2) is 38.7 Å². The van der Waals surface area contributed by atoms with E-state index >= 15 is 0 Å². The van der Waals surface area contributed by atoms with E-state index in [4.69, 9.17) is 23.2 Å². The largest absolute Gasteiger partial charge is 0.349 e. The molecule has 9 nitrogen and oxygen atoms in total. The first-order chi connectivity index (χ1) is 17.2. The van der Waals surface area contributed by atoms with E-state index in [9.17, 15) is 14.4 Å². The van der Waals surface area contributed by atoms with Crippen molar-refractivity contribution in [2.75, 3.05) is 5.32 Å². The van der Waals surface area contributed by atoms with Gasteiger partial charge in [0, 0.05) is 23.3 Å². The molecule has 1 aromatic carbocycles. The molecule has 4 rings (SSSR count). The molecule has 1 aliphatic rings. The van der Waals surface area contributed by atoms with Crippen LogP contribution >= 0.6 is 39.1 Å². The van der Waals surface area contributed by atoms with E-state index in [0.717, 1.165) is 32.1 Å². The third kappa shape index (κ3) is 6.05. The number of imide groups is 1. The van der Waals surface area contributed by atoms with Crippen LogP contribution < -0.4 is 16.0 Å². The highest BCUT2D eigenvalue weighted by Crippen LogP contribution is 2.27. The van der Waals surface area contributed by atoms with E-state index in [2.05, 4.69) is 42.0 Å². The van der Waals surface area contributed by atoms with Gasteiger partial charge in [-0.2, -0.15) is 5.10 Å². The summed E-state index contributed by atoms with van der Waals surface area (Å²) in [5, 5.41) is 12.8. The normalized spacial score (nSPS) is 13.8. The Morgan fingerprint density at radius 2 is 1.83 bits per heavy atom. The molecule has 1 saturated carbocycles. The van der Waals surface area contributed by atoms with E-state index in [1.54, 1.807) is 25.1 Å². The van der Waals surface area contributed by atoms with Gasteiger partial charge in [0.15, 0.2) is 5.82 Å². The number of benzene rings is 1. The average molecular weight is 594 g/mol. The standard InChI is InChI=1S/C24H23BrCl2N6O3/c1-13-10-14(26)11-16(22(34)29-15-6-3-2-4-7-15)20(13)30-24(36)31-23(35)18-12-19(25)32-33(18)21-17(27)8-5-9-28-21/h5,8-12,15H,2-4,6-7H2,1H3,(H,29,34)(H2,30,31,35,36). The summed E-state index contributed by atoms with van der Waals surface area (Å²) in [5.74, 6) is -0.848. The molecule has 0 bridgehead atoms. The molecule has 3 N–H and O–H groups in total. The van der Waals surface area contributed by atoms with Crippen molar-refractivity contribution in [2.24, 2.45) is 0 Å². The summed E-state index contributed by atoms with van der Waals surface area (Å²) in [6.07, 6.45) is 6.61. The first kappa shape index (κ1) is 26.1. The topological polar surface area (TPSA) is 118 Å². The Kier molecular flexibility index (Phi) is 8.28. The number of amides is 4. The van der Waals surface area contributed by atoms with Gasteiger partial charge in [-0.15, -0.1) is 0 Å². The van der Waals surface area contributed by atoms with Crippen molar-refractivity contribution in [3.05, 3.63) is 68.0 Å². The van der Waals surface area contributed by atoms with Gasteiger partial charge in [0.05, 0.1) is 16.3 Å². The molecule has 0 aliphatic heterocycles. The Bertz CT molecular complexity index is 1320. The van der Waals surface area contributed by atoms with Crippen LogP contribution in [0.4, 0.5) is 10.5 Å². The number of aromatic nitrogens is 3. The molecule has 1 aliphatic carbocycles. The van der Waals surface area contributed by atoms with Gasteiger partial charge in [0.2, 0.25) is 0 Å². The van der Waals surface area contributed by atoms with Crippen LogP contribution in [0.15, 0.2) is 41.1 Å². The third-order valence-corrected chi connectivity index (χ3v) is 6.70. The van der Waals surface area contributed by atoms with Crippen LogP contribution in [0, 0.1) is 6.92 Å². The van der Waals surface area contributed by atoms with Gasteiger partial charge >= 0.3 is 6.03 Å². The summed E-state index contributed by atoms with van der Waals surface area (Å²) in [4.78, 5) is 43.0. The van der Waals surface area contributed by atoms with Crippen LogP contribution in [0.25, 0.3) is 5.82 Å². The predicted octanol–water partition coefficient (Wildman–Crippen LogP) is 5.67. The monoisotopic (exact) mass is 592 g/mol. The zero-order chi connectivity index (χ0) is 25.8. The number of hydrogen-bond donors (Lipinski definition) is 3. The van der Waals surface area contributed by atoms with Crippen molar-refractivity contribution in [1.82, 2.24) is 25.4 Å². The molecule has 12 heteroatoms. The minimum absolute atomic E-state index is 0.0284. The summed E-state index contributed by atoms with van der Waals surface area (Å²) in [6, 6.07) is 7.07. The lowest BCUT2D eigenvalue weighted by molar-refractivity contribution is 0.0927. The maximum Gasteiger partial charge on any atom is 0.326 e. The molecule has 4 amide bonds. The molecule has 0 saturated heterocycles. The number of rotatable bonds is 5. The highest BCUT2D eigenvalue weighted by molar-refractivity contribution is 9.10. The highest BCUT2D eigenvalue weighted by atomic mass is 79.9. The van der Waals surface area contributed by atoms with Crippen LogP contribution in [0.5, 0.6) is 0 Å². The Labute approximate surface area is 226 Å². The summed E-state index contributed by atoms with van der Waals surface area (Å²) < 4.78 is 1.58. The van der Waals surface area contributed by atoms with Crippen LogP contribution in [-0.2, 0) is 0 Å². The van der Waals surface area contributed by atoms with Crippen LogP contribution in [0.2, 0.25) is 10.0 Å². The Hall–Kier alpha value is -2.95. The van der Waals surface area contributed by atoms with Gasteiger partial charge in [0.1, 0.15) is 10.3 Å². The molecule has 0 spiro atoms. The number of anilines is 1. The van der Waals surface area contributed by atoms with Crippen LogP contribution in [0.3, 0.4) is 0 Å². The number of nitrogens with zero attached hydrogens (tertiary/aromatic N) is 3. The third-order valence-electron chi connectivity index (χ3n) is 5.80. The second-order valence-electron chi connectivity index (χ2n) is 8.43. The van der Waals surface area contributed by atoms with Crippen LogP contribution in [0.1, 0.15) is 58.5 Å². The lowest BCUT2D eigenvalue weighted by Crippen LogP contribution is -2.38. The Balaban J connectivity index is 1.53. The number of nitrogens with one attached hydrogen (secondary N) is 3. The number of hydrogen-bond acceptors (Lipinski definition) is 5. The zero-order valence-corrected chi connectivity index (χ0v) is 22.4. The molecule has 36 heavy (non-hydrogen) atoms. The number of aryl methyl sites for hydroxylation is 1. The summed E-state index contributed by atoms with van der Waals surface area (Å²) in [7, 11) is 0. The Morgan fingerprint density at radius 1 is 1.08 bits per heavy atom. The van der Waals surface area contributed by atoms with Crippen molar-refractivity contribution in [3.8, 4) is 5.82 Å². The van der Waals surface area contributed by atoms with Crippen molar-refractivity contribution in [2.45, 2.75) is 45.1 Å². The first-order valence-corrected chi connectivity index (χ1v) is 12.9. The van der Waals surface area contributed by atoms with Gasteiger partial charge in [-0.3, -0.25) is 14.9 Å². The molecule has 0 atom stereocenters. The number of carbonyl (C=O) groups excluding carboxylic acids is 3. The molecular weight excluding hydrogens is 571 g/mol. The smallest absolute Gasteiger partial charge is 0.326 e. The summed E-state index contributed by atoms with van der Waals surface area (Å²) in [6.45, 7) is 1.72. The zero-order valence-electron chi connectivity index (χ0n) is 19.3. The molecule has 2 heterocycles. The lowest BCUT2D eigenvalue weighted by Gasteiger charge is -2.23. The van der Waals surface area contributed by atoms with E-state index in [0.29, 0.717) is 15.2 Å². The molecule has 188 valence electrons. The average Bonchev–Trinajstić information content (AvgIpc) is 3.23. The molecule has 1 fully saturated rings.